The van der Waals surface area contributed by atoms with Crippen molar-refractivity contribution in [1.29, 1.82) is 0 Å². The van der Waals surface area contributed by atoms with Crippen LogP contribution in [0.1, 0.15) is 70.3 Å². The van der Waals surface area contributed by atoms with E-state index in [-0.39, 0.29) is 12.3 Å². The smallest absolute Gasteiger partial charge is 0.250 e. The third-order valence-electron chi connectivity index (χ3n) is 6.76. The van der Waals surface area contributed by atoms with Crippen LogP contribution in [0.3, 0.4) is 0 Å². The van der Waals surface area contributed by atoms with Crippen molar-refractivity contribution in [3.63, 3.8) is 0 Å². The molecule has 190 valence electrons. The fraction of sp³-hybridized carbons (Fsp3) is 0.667. The van der Waals surface area contributed by atoms with Crippen LogP contribution in [0.2, 0.25) is 0 Å². The van der Waals surface area contributed by atoms with Crippen molar-refractivity contribution in [2.75, 3.05) is 33.4 Å². The monoisotopic (exact) mass is 478 g/mol. The van der Waals surface area contributed by atoms with E-state index in [1.807, 2.05) is 24.3 Å². The minimum atomic E-state index is -2.52. The molecule has 1 saturated heterocycles. The standard InChI is InChI=1S/C27H40F2N2O3/c1-21(31-16-6-7-17-31)25(20-22-9-13-24(14-10-22)34-19-18-33-2)30-26(32)8-4-3-5-15-27(28,29)23-11-12-23/h9-10,13-14,23H,3-8,11-12,15-20H2,1-2H3,(H,30,32)/b25-21+. The van der Waals surface area contributed by atoms with Crippen molar-refractivity contribution >= 4 is 5.91 Å². The summed E-state index contributed by atoms with van der Waals surface area (Å²) in [5, 5.41) is 3.14. The van der Waals surface area contributed by atoms with E-state index in [0.29, 0.717) is 58.2 Å². The Balaban J connectivity index is 1.51. The van der Waals surface area contributed by atoms with Gasteiger partial charge < -0.3 is 19.7 Å². The molecule has 7 heteroatoms. The second kappa shape index (κ2) is 13.1. The van der Waals surface area contributed by atoms with Crippen LogP contribution in [-0.4, -0.2) is 50.1 Å². The third-order valence-corrected chi connectivity index (χ3v) is 6.76. The second-order valence-corrected chi connectivity index (χ2v) is 9.56. The van der Waals surface area contributed by atoms with Gasteiger partial charge in [-0.25, -0.2) is 8.78 Å². The van der Waals surface area contributed by atoms with E-state index in [4.69, 9.17) is 9.47 Å². The molecule has 0 aromatic heterocycles. The molecule has 2 aliphatic rings. The first-order chi connectivity index (χ1) is 16.4. The van der Waals surface area contributed by atoms with E-state index >= 15 is 0 Å². The number of carbonyl (C=O) groups excluding carboxylic acids is 1. The summed E-state index contributed by atoms with van der Waals surface area (Å²) >= 11 is 0. The molecular formula is C27H40F2N2O3. The molecule has 34 heavy (non-hydrogen) atoms. The number of likely N-dealkylation sites (tertiary alicyclic amines) is 1. The number of benzene rings is 1. The number of alkyl halides is 2. The molecule has 2 fully saturated rings. The topological polar surface area (TPSA) is 50.8 Å². The zero-order chi connectivity index (χ0) is 24.4. The maximum Gasteiger partial charge on any atom is 0.250 e. The van der Waals surface area contributed by atoms with Crippen LogP contribution in [0.5, 0.6) is 5.75 Å². The number of hydrogen-bond acceptors (Lipinski definition) is 4. The Hall–Kier alpha value is -2.15. The van der Waals surface area contributed by atoms with Gasteiger partial charge in [0.15, 0.2) is 0 Å². The van der Waals surface area contributed by atoms with Crippen LogP contribution in [0.15, 0.2) is 35.7 Å². The highest BCUT2D eigenvalue weighted by Gasteiger charge is 2.45. The first-order valence-electron chi connectivity index (χ1n) is 12.7. The number of nitrogens with one attached hydrogen (secondary N) is 1. The molecule has 1 aliphatic heterocycles. The number of rotatable bonds is 15. The quantitative estimate of drug-likeness (QED) is 0.329. The zero-order valence-corrected chi connectivity index (χ0v) is 20.7. The van der Waals surface area contributed by atoms with Crippen molar-refractivity contribution in [2.24, 2.45) is 5.92 Å². The summed E-state index contributed by atoms with van der Waals surface area (Å²) in [5.74, 6) is -2.17. The zero-order valence-electron chi connectivity index (χ0n) is 20.7. The number of halogens is 2. The Morgan fingerprint density at radius 3 is 2.44 bits per heavy atom. The fourth-order valence-corrected chi connectivity index (χ4v) is 4.42. The molecule has 0 unspecified atom stereocenters. The van der Waals surface area contributed by atoms with E-state index in [1.165, 1.54) is 0 Å². The minimum Gasteiger partial charge on any atom is -0.491 e. The molecule has 1 N–H and O–H groups in total. The van der Waals surface area contributed by atoms with Gasteiger partial charge in [0.05, 0.1) is 6.61 Å². The van der Waals surface area contributed by atoms with E-state index < -0.39 is 11.8 Å². The Labute approximate surface area is 202 Å². The lowest BCUT2D eigenvalue weighted by Gasteiger charge is -2.23. The highest BCUT2D eigenvalue weighted by atomic mass is 19.3. The van der Waals surface area contributed by atoms with Crippen molar-refractivity contribution in [3.8, 4) is 5.75 Å². The summed E-state index contributed by atoms with van der Waals surface area (Å²) in [6, 6.07) is 7.91. The average Bonchev–Trinajstić information content (AvgIpc) is 3.55. The Kier molecular flexibility index (Phi) is 10.2. The summed E-state index contributed by atoms with van der Waals surface area (Å²) in [5.41, 5.74) is 3.12. The maximum atomic E-state index is 13.8. The van der Waals surface area contributed by atoms with Gasteiger partial charge in [-0.15, -0.1) is 0 Å². The minimum absolute atomic E-state index is 0.0398. The SMILES string of the molecule is COCCOc1ccc(C/C(NC(=O)CCCCCC(F)(F)C2CC2)=C(/C)N2CCCC2)cc1. The first-order valence-corrected chi connectivity index (χ1v) is 12.7. The molecule has 1 heterocycles. The predicted molar refractivity (Wildman–Crippen MR) is 130 cm³/mol. The van der Waals surface area contributed by atoms with Gasteiger partial charge in [0.1, 0.15) is 12.4 Å². The number of carbonyl (C=O) groups is 1. The molecule has 1 saturated carbocycles. The summed E-state index contributed by atoms with van der Waals surface area (Å²) in [4.78, 5) is 15.0. The molecule has 0 radical (unpaired) electrons. The number of methoxy groups -OCH3 is 1. The third kappa shape index (κ3) is 8.57. The number of allylic oxidation sites excluding steroid dienone is 2. The van der Waals surface area contributed by atoms with Crippen molar-refractivity contribution in [1.82, 2.24) is 10.2 Å². The van der Waals surface area contributed by atoms with Crippen molar-refractivity contribution < 1.29 is 23.0 Å². The molecule has 1 aliphatic carbocycles. The predicted octanol–water partition coefficient (Wildman–Crippen LogP) is 5.69. The average molecular weight is 479 g/mol. The highest BCUT2D eigenvalue weighted by Crippen LogP contribution is 2.45. The number of hydrogen-bond donors (Lipinski definition) is 1. The van der Waals surface area contributed by atoms with Gasteiger partial charge in [-0.2, -0.15) is 0 Å². The van der Waals surface area contributed by atoms with E-state index in [9.17, 15) is 13.6 Å². The summed E-state index contributed by atoms with van der Waals surface area (Å²) < 4.78 is 38.3. The van der Waals surface area contributed by atoms with Crippen LogP contribution in [0, 0.1) is 5.92 Å². The number of unbranched alkanes of at least 4 members (excludes halogenated alkanes) is 2. The van der Waals surface area contributed by atoms with Crippen LogP contribution >= 0.6 is 0 Å². The Morgan fingerprint density at radius 1 is 1.09 bits per heavy atom. The lowest BCUT2D eigenvalue weighted by molar-refractivity contribution is -0.120. The summed E-state index contributed by atoms with van der Waals surface area (Å²) in [6.07, 6.45) is 6.34. The molecule has 3 rings (SSSR count). The fourth-order valence-electron chi connectivity index (χ4n) is 4.42. The van der Waals surface area contributed by atoms with Gasteiger partial charge >= 0.3 is 0 Å². The van der Waals surface area contributed by atoms with Gasteiger partial charge in [-0.3, -0.25) is 4.79 Å². The highest BCUT2D eigenvalue weighted by molar-refractivity contribution is 5.78. The maximum absolute atomic E-state index is 13.8. The van der Waals surface area contributed by atoms with Crippen molar-refractivity contribution in [3.05, 3.63) is 41.2 Å². The van der Waals surface area contributed by atoms with Gasteiger partial charge in [0.25, 0.3) is 5.92 Å². The first kappa shape index (κ1) is 26.5. The van der Waals surface area contributed by atoms with E-state index in [1.54, 1.807) is 7.11 Å². The van der Waals surface area contributed by atoms with Crippen LogP contribution < -0.4 is 10.1 Å². The molecule has 1 aromatic carbocycles. The molecule has 1 amide bonds. The van der Waals surface area contributed by atoms with Gasteiger partial charge in [-0.05, 0) is 63.1 Å². The van der Waals surface area contributed by atoms with Gasteiger partial charge in [0.2, 0.25) is 5.91 Å². The van der Waals surface area contributed by atoms with E-state index in [2.05, 4.69) is 17.1 Å². The van der Waals surface area contributed by atoms with Gasteiger partial charge in [-0.1, -0.05) is 18.6 Å². The number of amides is 1. The number of nitrogens with zero attached hydrogens (tertiary/aromatic N) is 1. The van der Waals surface area contributed by atoms with Crippen LogP contribution in [0.25, 0.3) is 0 Å². The molecule has 5 nitrogen and oxygen atoms in total. The molecule has 0 spiro atoms. The van der Waals surface area contributed by atoms with Crippen molar-refractivity contribution in [2.45, 2.75) is 77.1 Å². The van der Waals surface area contributed by atoms with Crippen LogP contribution in [-0.2, 0) is 16.0 Å². The Morgan fingerprint density at radius 2 is 1.79 bits per heavy atom. The van der Waals surface area contributed by atoms with Gasteiger partial charge in [0, 0.05) is 56.8 Å². The summed E-state index contributed by atoms with van der Waals surface area (Å²) in [6.45, 7) is 5.13. The van der Waals surface area contributed by atoms with E-state index in [0.717, 1.165) is 48.6 Å². The lowest BCUT2D eigenvalue weighted by Crippen LogP contribution is -2.29. The molecule has 0 bridgehead atoms. The lowest BCUT2D eigenvalue weighted by atomic mass is 10.0. The number of ether oxygens (including phenoxy) is 2. The normalized spacial score (nSPS) is 17.0. The largest absolute Gasteiger partial charge is 0.491 e. The molecule has 1 aromatic rings. The summed E-state index contributed by atoms with van der Waals surface area (Å²) in [7, 11) is 1.64. The molecular weight excluding hydrogens is 438 g/mol. The Bertz CT molecular complexity index is 801. The second-order valence-electron chi connectivity index (χ2n) is 9.56. The molecule has 0 atom stereocenters. The van der Waals surface area contributed by atoms with Crippen LogP contribution in [0.4, 0.5) is 8.78 Å².